The van der Waals surface area contributed by atoms with Crippen molar-refractivity contribution in [2.75, 3.05) is 41.8 Å². The zero-order valence-electron chi connectivity index (χ0n) is 14.8. The van der Waals surface area contributed by atoms with Gasteiger partial charge in [-0.25, -0.2) is 5.01 Å². The normalized spacial score (nSPS) is 17.0. The number of nitrogens with one attached hydrogen (secondary N) is 2. The standard InChI is InChI=1S/C20H22N4O2/c1-14(25)15-2-5-18(6-3-15)23-8-10-24(11-9-23)22-17-4-7-19-16(12-17)13-20(26)21-19/h2-7,12,22H,8-11,13H2,1H3,(H,21,26). The van der Waals surface area contributed by atoms with Crippen LogP contribution in [0.15, 0.2) is 42.5 Å². The van der Waals surface area contributed by atoms with Crippen molar-refractivity contribution in [2.24, 2.45) is 0 Å². The number of rotatable bonds is 4. The van der Waals surface area contributed by atoms with Crippen molar-refractivity contribution in [1.82, 2.24) is 5.01 Å². The first kappa shape index (κ1) is 16.6. The Labute approximate surface area is 152 Å². The van der Waals surface area contributed by atoms with Crippen molar-refractivity contribution >= 4 is 28.8 Å². The minimum Gasteiger partial charge on any atom is -0.369 e. The fraction of sp³-hybridized carbons (Fsp3) is 0.300. The van der Waals surface area contributed by atoms with Crippen molar-refractivity contribution in [3.8, 4) is 0 Å². The predicted molar refractivity (Wildman–Crippen MR) is 103 cm³/mol. The van der Waals surface area contributed by atoms with Crippen molar-refractivity contribution in [2.45, 2.75) is 13.3 Å². The fourth-order valence-corrected chi connectivity index (χ4v) is 3.46. The van der Waals surface area contributed by atoms with Gasteiger partial charge >= 0.3 is 0 Å². The minimum atomic E-state index is 0.0570. The van der Waals surface area contributed by atoms with E-state index in [0.29, 0.717) is 6.42 Å². The monoisotopic (exact) mass is 350 g/mol. The van der Waals surface area contributed by atoms with Gasteiger partial charge in [-0.3, -0.25) is 9.59 Å². The number of amides is 1. The molecule has 2 N–H and O–H groups in total. The Morgan fingerprint density at radius 3 is 2.46 bits per heavy atom. The molecule has 0 saturated carbocycles. The molecule has 2 heterocycles. The van der Waals surface area contributed by atoms with Gasteiger partial charge in [-0.15, -0.1) is 0 Å². The average molecular weight is 350 g/mol. The molecule has 6 nitrogen and oxygen atoms in total. The van der Waals surface area contributed by atoms with Gasteiger partial charge in [-0.05, 0) is 55.0 Å². The van der Waals surface area contributed by atoms with E-state index in [1.807, 2.05) is 42.5 Å². The fourth-order valence-electron chi connectivity index (χ4n) is 3.46. The van der Waals surface area contributed by atoms with Crippen LogP contribution >= 0.6 is 0 Å². The highest BCUT2D eigenvalue weighted by Crippen LogP contribution is 2.26. The topological polar surface area (TPSA) is 64.7 Å². The second kappa shape index (κ2) is 6.80. The quantitative estimate of drug-likeness (QED) is 0.830. The van der Waals surface area contributed by atoms with Gasteiger partial charge in [0.05, 0.1) is 6.42 Å². The summed E-state index contributed by atoms with van der Waals surface area (Å²) in [4.78, 5) is 25.2. The lowest BCUT2D eigenvalue weighted by atomic mass is 10.1. The molecule has 2 aliphatic rings. The second-order valence-electron chi connectivity index (χ2n) is 6.79. The van der Waals surface area contributed by atoms with Crippen LogP contribution in [0, 0.1) is 0 Å². The number of piperazine rings is 1. The third-order valence-electron chi connectivity index (χ3n) is 4.94. The predicted octanol–water partition coefficient (Wildman–Crippen LogP) is 2.53. The van der Waals surface area contributed by atoms with Gasteiger partial charge < -0.3 is 15.6 Å². The smallest absolute Gasteiger partial charge is 0.228 e. The average Bonchev–Trinajstić information content (AvgIpc) is 3.02. The largest absolute Gasteiger partial charge is 0.369 e. The summed E-state index contributed by atoms with van der Waals surface area (Å²) in [6, 6.07) is 13.8. The molecule has 2 aromatic carbocycles. The molecular formula is C20H22N4O2. The van der Waals surface area contributed by atoms with Crippen LogP contribution in [-0.4, -0.2) is 42.9 Å². The number of nitrogens with zero attached hydrogens (tertiary/aromatic N) is 2. The van der Waals surface area contributed by atoms with Crippen LogP contribution in [0.25, 0.3) is 0 Å². The van der Waals surface area contributed by atoms with Crippen LogP contribution in [0.2, 0.25) is 0 Å². The molecule has 134 valence electrons. The first-order chi connectivity index (χ1) is 12.6. The summed E-state index contributed by atoms with van der Waals surface area (Å²) in [5, 5.41) is 5.06. The molecule has 4 rings (SSSR count). The Hall–Kier alpha value is -2.86. The van der Waals surface area contributed by atoms with E-state index in [9.17, 15) is 9.59 Å². The number of anilines is 3. The Morgan fingerprint density at radius 2 is 1.77 bits per heavy atom. The van der Waals surface area contributed by atoms with Gasteiger partial charge in [0.2, 0.25) is 5.91 Å². The van der Waals surface area contributed by atoms with E-state index in [4.69, 9.17) is 0 Å². The van der Waals surface area contributed by atoms with Crippen molar-refractivity contribution < 1.29 is 9.59 Å². The van der Waals surface area contributed by atoms with E-state index in [0.717, 1.165) is 54.4 Å². The molecule has 1 amide bonds. The maximum absolute atomic E-state index is 11.5. The molecule has 1 fully saturated rings. The van der Waals surface area contributed by atoms with E-state index in [2.05, 4.69) is 20.7 Å². The van der Waals surface area contributed by atoms with Gasteiger partial charge in [-0.1, -0.05) is 0 Å². The SMILES string of the molecule is CC(=O)c1ccc(N2CCN(Nc3ccc4c(c3)CC(=O)N4)CC2)cc1. The van der Waals surface area contributed by atoms with E-state index in [-0.39, 0.29) is 11.7 Å². The van der Waals surface area contributed by atoms with Crippen LogP contribution < -0.4 is 15.6 Å². The highest BCUT2D eigenvalue weighted by Gasteiger charge is 2.20. The third-order valence-corrected chi connectivity index (χ3v) is 4.94. The number of ketones is 1. The van der Waals surface area contributed by atoms with E-state index >= 15 is 0 Å². The number of Topliss-reactive ketones (excluding diaryl/α,β-unsaturated/α-hetero) is 1. The zero-order chi connectivity index (χ0) is 18.1. The highest BCUT2D eigenvalue weighted by atomic mass is 16.1. The van der Waals surface area contributed by atoms with E-state index in [1.165, 1.54) is 0 Å². The molecule has 1 saturated heterocycles. The molecule has 6 heteroatoms. The maximum atomic E-state index is 11.5. The van der Waals surface area contributed by atoms with Crippen LogP contribution in [0.5, 0.6) is 0 Å². The number of fused-ring (bicyclic) bond motifs is 1. The van der Waals surface area contributed by atoms with E-state index in [1.54, 1.807) is 6.92 Å². The summed E-state index contributed by atoms with van der Waals surface area (Å²) >= 11 is 0. The van der Waals surface area contributed by atoms with Crippen LogP contribution in [-0.2, 0) is 11.2 Å². The summed E-state index contributed by atoms with van der Waals surface area (Å²) in [7, 11) is 0. The first-order valence-corrected chi connectivity index (χ1v) is 8.89. The lowest BCUT2D eigenvalue weighted by molar-refractivity contribution is -0.115. The first-order valence-electron chi connectivity index (χ1n) is 8.89. The number of carbonyl (C=O) groups is 2. The number of hydrogen-bond donors (Lipinski definition) is 2. The molecular weight excluding hydrogens is 328 g/mol. The van der Waals surface area contributed by atoms with Crippen molar-refractivity contribution in [1.29, 1.82) is 0 Å². The zero-order valence-corrected chi connectivity index (χ0v) is 14.8. The number of carbonyl (C=O) groups excluding carboxylic acids is 2. The molecule has 0 bridgehead atoms. The molecule has 0 aromatic heterocycles. The lowest BCUT2D eigenvalue weighted by Crippen LogP contribution is -2.48. The number of benzene rings is 2. The van der Waals surface area contributed by atoms with Crippen molar-refractivity contribution in [3.63, 3.8) is 0 Å². The Kier molecular flexibility index (Phi) is 4.34. The second-order valence-corrected chi connectivity index (χ2v) is 6.79. The van der Waals surface area contributed by atoms with Crippen molar-refractivity contribution in [3.05, 3.63) is 53.6 Å². The molecule has 2 aliphatic heterocycles. The van der Waals surface area contributed by atoms with Gasteiger partial charge in [-0.2, -0.15) is 0 Å². The van der Waals surface area contributed by atoms with Crippen LogP contribution in [0.1, 0.15) is 22.8 Å². The summed E-state index contributed by atoms with van der Waals surface area (Å²) in [5.41, 5.74) is 8.32. The van der Waals surface area contributed by atoms with Gasteiger partial charge in [0.15, 0.2) is 5.78 Å². The Balaban J connectivity index is 1.34. The summed E-state index contributed by atoms with van der Waals surface area (Å²) in [6.45, 7) is 5.20. The van der Waals surface area contributed by atoms with Gasteiger partial charge in [0, 0.05) is 48.8 Å². The van der Waals surface area contributed by atoms with Gasteiger partial charge in [0.25, 0.3) is 0 Å². The molecule has 0 radical (unpaired) electrons. The van der Waals surface area contributed by atoms with Crippen LogP contribution in [0.4, 0.5) is 17.1 Å². The molecule has 0 unspecified atom stereocenters. The number of hydrogen-bond acceptors (Lipinski definition) is 5. The van der Waals surface area contributed by atoms with Crippen LogP contribution in [0.3, 0.4) is 0 Å². The lowest BCUT2D eigenvalue weighted by Gasteiger charge is -2.36. The third kappa shape index (κ3) is 3.41. The summed E-state index contributed by atoms with van der Waals surface area (Å²) in [6.07, 6.45) is 0.453. The number of hydrazine groups is 1. The molecule has 0 aliphatic carbocycles. The molecule has 0 spiro atoms. The summed E-state index contributed by atoms with van der Waals surface area (Å²) in [5.74, 6) is 0.151. The molecule has 2 aromatic rings. The Bertz CT molecular complexity index is 839. The maximum Gasteiger partial charge on any atom is 0.228 e. The molecule has 0 atom stereocenters. The minimum absolute atomic E-state index is 0.0570. The Morgan fingerprint density at radius 1 is 1.04 bits per heavy atom. The summed E-state index contributed by atoms with van der Waals surface area (Å²) < 4.78 is 0. The van der Waals surface area contributed by atoms with E-state index < -0.39 is 0 Å². The van der Waals surface area contributed by atoms with Gasteiger partial charge in [0.1, 0.15) is 0 Å². The highest BCUT2D eigenvalue weighted by molar-refractivity contribution is 5.99. The molecule has 26 heavy (non-hydrogen) atoms.